The summed E-state index contributed by atoms with van der Waals surface area (Å²) in [6.07, 6.45) is 44.2. The molecule has 6 nitrogen and oxygen atoms in total. The second-order valence-electron chi connectivity index (χ2n) is 13.3. The molecule has 0 saturated carbocycles. The smallest absolute Gasteiger partial charge is 0.306 e. The van der Waals surface area contributed by atoms with Gasteiger partial charge in [-0.25, -0.2) is 0 Å². The highest BCUT2D eigenvalue weighted by atomic mass is 16.6. The van der Waals surface area contributed by atoms with E-state index < -0.39 is 24.8 Å². The zero-order valence-corrected chi connectivity index (χ0v) is 31.5. The standard InChI is InChI=1S/C43H72O6/c1-4-5-6-7-8-9-10-11-15-18-21-24-28-33-40(45)34-29-26-31-36-43(47)49-41(37-44)38-48-42(46)35-30-25-22-19-16-13-12-14-17-20-23-27-32-39(2)3/h5-6,8-9,11,15,21,24,26,28-29,33,39-41,44-45H,4,7,10,12-14,16-20,22-23,25,27,30-32,34-38H2,1-3H3/b6-5-,9-8-,15-11-,24-21-,29-26-,33-28-/t40?,41-/m0/s1. The van der Waals surface area contributed by atoms with Gasteiger partial charge in [-0.15, -0.1) is 0 Å². The lowest BCUT2D eigenvalue weighted by Crippen LogP contribution is -2.28. The Bertz CT molecular complexity index is 942. The Morgan fingerprint density at radius 2 is 1.18 bits per heavy atom. The Hall–Kier alpha value is -2.70. The van der Waals surface area contributed by atoms with E-state index in [0.717, 1.165) is 50.9 Å². The van der Waals surface area contributed by atoms with Crippen LogP contribution < -0.4 is 0 Å². The minimum Gasteiger partial charge on any atom is -0.462 e. The highest BCUT2D eigenvalue weighted by molar-refractivity contribution is 5.70. The number of hydrogen-bond donors (Lipinski definition) is 2. The van der Waals surface area contributed by atoms with Gasteiger partial charge < -0.3 is 19.7 Å². The average Bonchev–Trinajstić information content (AvgIpc) is 3.08. The first kappa shape index (κ1) is 46.3. The number of carbonyl (C=O) groups excluding carboxylic acids is 2. The second kappa shape index (κ2) is 36.6. The average molecular weight is 685 g/mol. The lowest BCUT2D eigenvalue weighted by molar-refractivity contribution is -0.161. The van der Waals surface area contributed by atoms with Crippen LogP contribution >= 0.6 is 0 Å². The SMILES string of the molecule is CC/C=C\C/C=C\C/C=C\C/C=C\C=C/C(O)C/C=C\CCC(=O)O[C@@H](CO)COC(=O)CCCCCCCCCCCCCCC(C)C. The van der Waals surface area contributed by atoms with E-state index in [1.54, 1.807) is 6.08 Å². The van der Waals surface area contributed by atoms with Crippen molar-refractivity contribution in [2.75, 3.05) is 13.2 Å². The molecule has 2 atom stereocenters. The van der Waals surface area contributed by atoms with E-state index in [1.807, 2.05) is 30.4 Å². The molecule has 280 valence electrons. The predicted molar refractivity (Wildman–Crippen MR) is 206 cm³/mol. The van der Waals surface area contributed by atoms with Crippen molar-refractivity contribution in [2.45, 2.75) is 168 Å². The molecule has 0 aliphatic heterocycles. The maximum Gasteiger partial charge on any atom is 0.306 e. The van der Waals surface area contributed by atoms with Crippen LogP contribution in [0.4, 0.5) is 0 Å². The van der Waals surface area contributed by atoms with Crippen molar-refractivity contribution in [3.05, 3.63) is 72.9 Å². The number of allylic oxidation sites excluding steroid dienone is 10. The minimum absolute atomic E-state index is 0.132. The molecule has 0 fully saturated rings. The summed E-state index contributed by atoms with van der Waals surface area (Å²) < 4.78 is 10.5. The maximum absolute atomic E-state index is 12.1. The van der Waals surface area contributed by atoms with E-state index in [9.17, 15) is 19.8 Å². The number of carbonyl (C=O) groups is 2. The second-order valence-corrected chi connectivity index (χ2v) is 13.3. The number of hydrogen-bond acceptors (Lipinski definition) is 6. The van der Waals surface area contributed by atoms with Crippen LogP contribution in [0.1, 0.15) is 156 Å². The van der Waals surface area contributed by atoms with Crippen LogP contribution in [0.2, 0.25) is 0 Å². The molecule has 6 heteroatoms. The Morgan fingerprint density at radius 1 is 0.633 bits per heavy atom. The molecule has 0 heterocycles. The van der Waals surface area contributed by atoms with Crippen molar-refractivity contribution in [3.8, 4) is 0 Å². The van der Waals surface area contributed by atoms with Crippen molar-refractivity contribution >= 4 is 11.9 Å². The fourth-order valence-electron chi connectivity index (χ4n) is 5.08. The molecule has 0 aromatic heterocycles. The van der Waals surface area contributed by atoms with Gasteiger partial charge >= 0.3 is 11.9 Å². The molecule has 0 saturated heterocycles. The number of rotatable bonds is 33. The predicted octanol–water partition coefficient (Wildman–Crippen LogP) is 11.0. The van der Waals surface area contributed by atoms with Gasteiger partial charge in [-0.05, 0) is 50.9 Å². The van der Waals surface area contributed by atoms with Crippen LogP contribution in [0.15, 0.2) is 72.9 Å². The van der Waals surface area contributed by atoms with Gasteiger partial charge in [0.25, 0.3) is 0 Å². The molecule has 0 rings (SSSR count). The van der Waals surface area contributed by atoms with Gasteiger partial charge in [0.05, 0.1) is 12.7 Å². The van der Waals surface area contributed by atoms with E-state index in [0.29, 0.717) is 19.3 Å². The molecule has 0 aromatic rings. The highest BCUT2D eigenvalue weighted by Crippen LogP contribution is 2.14. The molecule has 0 amide bonds. The lowest BCUT2D eigenvalue weighted by Gasteiger charge is -2.15. The molecule has 0 aliphatic carbocycles. The fourth-order valence-corrected chi connectivity index (χ4v) is 5.08. The molecule has 2 N–H and O–H groups in total. The van der Waals surface area contributed by atoms with Crippen LogP contribution in [0.5, 0.6) is 0 Å². The maximum atomic E-state index is 12.1. The van der Waals surface area contributed by atoms with Crippen molar-refractivity contribution < 1.29 is 29.3 Å². The zero-order valence-electron chi connectivity index (χ0n) is 31.5. The molecule has 1 unspecified atom stereocenters. The van der Waals surface area contributed by atoms with E-state index in [4.69, 9.17) is 9.47 Å². The topological polar surface area (TPSA) is 93.1 Å². The Labute approximate surface area is 300 Å². The van der Waals surface area contributed by atoms with Gasteiger partial charge in [0, 0.05) is 12.8 Å². The molecule has 0 radical (unpaired) electrons. The van der Waals surface area contributed by atoms with Gasteiger partial charge in [0.1, 0.15) is 6.61 Å². The largest absolute Gasteiger partial charge is 0.462 e. The molecule has 49 heavy (non-hydrogen) atoms. The normalized spacial score (nSPS) is 13.8. The number of aliphatic hydroxyl groups is 2. The number of unbranched alkanes of at least 4 members (excludes halogenated alkanes) is 11. The Balaban J connectivity index is 3.81. The Morgan fingerprint density at radius 3 is 1.76 bits per heavy atom. The molecular weight excluding hydrogens is 612 g/mol. The first-order valence-corrected chi connectivity index (χ1v) is 19.5. The third-order valence-electron chi connectivity index (χ3n) is 8.04. The van der Waals surface area contributed by atoms with Crippen LogP contribution in [0.3, 0.4) is 0 Å². The van der Waals surface area contributed by atoms with Gasteiger partial charge in [0.15, 0.2) is 6.10 Å². The first-order valence-electron chi connectivity index (χ1n) is 19.5. The summed E-state index contributed by atoms with van der Waals surface area (Å²) in [4.78, 5) is 24.2. The van der Waals surface area contributed by atoms with Crippen LogP contribution in [-0.2, 0) is 19.1 Å². The number of esters is 2. The van der Waals surface area contributed by atoms with Crippen LogP contribution in [0.25, 0.3) is 0 Å². The fraction of sp³-hybridized carbons (Fsp3) is 0.674. The molecule has 0 spiro atoms. The van der Waals surface area contributed by atoms with E-state index in [-0.39, 0.29) is 19.0 Å². The van der Waals surface area contributed by atoms with Crippen LogP contribution in [-0.4, -0.2) is 47.6 Å². The van der Waals surface area contributed by atoms with Crippen molar-refractivity contribution in [2.24, 2.45) is 5.92 Å². The lowest BCUT2D eigenvalue weighted by atomic mass is 10.0. The molecule has 0 aliphatic rings. The summed E-state index contributed by atoms with van der Waals surface area (Å²) in [7, 11) is 0. The monoisotopic (exact) mass is 685 g/mol. The highest BCUT2D eigenvalue weighted by Gasteiger charge is 2.15. The molecule has 0 aromatic carbocycles. The molecular formula is C43H72O6. The summed E-state index contributed by atoms with van der Waals surface area (Å²) in [5, 5.41) is 19.6. The minimum atomic E-state index is -0.856. The van der Waals surface area contributed by atoms with Gasteiger partial charge in [-0.3, -0.25) is 9.59 Å². The summed E-state index contributed by atoms with van der Waals surface area (Å²) >= 11 is 0. The van der Waals surface area contributed by atoms with Gasteiger partial charge in [-0.1, -0.05) is 171 Å². The van der Waals surface area contributed by atoms with Crippen molar-refractivity contribution in [1.29, 1.82) is 0 Å². The zero-order chi connectivity index (χ0) is 36.0. The summed E-state index contributed by atoms with van der Waals surface area (Å²) in [5.74, 6) is 0.0531. The van der Waals surface area contributed by atoms with E-state index in [2.05, 4.69) is 57.2 Å². The molecule has 0 bridgehead atoms. The summed E-state index contributed by atoms with van der Waals surface area (Å²) in [5.41, 5.74) is 0. The first-order chi connectivity index (χ1) is 23.9. The van der Waals surface area contributed by atoms with E-state index in [1.165, 1.54) is 64.2 Å². The van der Waals surface area contributed by atoms with Crippen molar-refractivity contribution in [3.63, 3.8) is 0 Å². The summed E-state index contributed by atoms with van der Waals surface area (Å²) in [6, 6.07) is 0. The third-order valence-corrected chi connectivity index (χ3v) is 8.04. The van der Waals surface area contributed by atoms with Gasteiger partial charge in [-0.2, -0.15) is 0 Å². The third kappa shape index (κ3) is 36.4. The summed E-state index contributed by atoms with van der Waals surface area (Å²) in [6.45, 7) is 6.20. The van der Waals surface area contributed by atoms with E-state index >= 15 is 0 Å². The van der Waals surface area contributed by atoms with Crippen molar-refractivity contribution in [1.82, 2.24) is 0 Å². The quantitative estimate of drug-likeness (QED) is 0.0309. The number of aliphatic hydroxyl groups excluding tert-OH is 2. The van der Waals surface area contributed by atoms with Gasteiger partial charge in [0.2, 0.25) is 0 Å². The number of ether oxygens (including phenoxy) is 2. The van der Waals surface area contributed by atoms with Crippen LogP contribution in [0, 0.1) is 5.92 Å². The Kier molecular flexibility index (Phi) is 34.6.